The molecular formula is C12H15F3O5S. The molecule has 0 bridgehead atoms. The van der Waals surface area contributed by atoms with Crippen LogP contribution in [-0.4, -0.2) is 49.1 Å². The van der Waals surface area contributed by atoms with Gasteiger partial charge in [-0.1, -0.05) is 6.58 Å². The Morgan fingerprint density at radius 3 is 2.67 bits per heavy atom. The monoisotopic (exact) mass is 328 g/mol. The van der Waals surface area contributed by atoms with Crippen molar-refractivity contribution in [3.63, 3.8) is 0 Å². The van der Waals surface area contributed by atoms with E-state index in [2.05, 4.69) is 11.3 Å². The number of carbonyl (C=O) groups excluding carboxylic acids is 2. The average molecular weight is 328 g/mol. The van der Waals surface area contributed by atoms with Gasteiger partial charge in [0.15, 0.2) is 0 Å². The molecule has 5 nitrogen and oxygen atoms in total. The van der Waals surface area contributed by atoms with Crippen molar-refractivity contribution in [2.45, 2.75) is 19.4 Å². The van der Waals surface area contributed by atoms with E-state index in [4.69, 9.17) is 9.47 Å². The summed E-state index contributed by atoms with van der Waals surface area (Å²) in [6.45, 7) is 3.92. The van der Waals surface area contributed by atoms with Gasteiger partial charge in [0.25, 0.3) is 0 Å². The zero-order chi connectivity index (χ0) is 16.0. The lowest BCUT2D eigenvalue weighted by molar-refractivity contribution is -0.180. The van der Waals surface area contributed by atoms with E-state index < -0.39 is 42.5 Å². The maximum absolute atomic E-state index is 12.2. The van der Waals surface area contributed by atoms with Gasteiger partial charge in [-0.25, -0.2) is 4.79 Å². The highest BCUT2D eigenvalue weighted by atomic mass is 32.2. The molecule has 2 unspecified atom stereocenters. The van der Waals surface area contributed by atoms with Gasteiger partial charge in [-0.3, -0.25) is 4.79 Å². The van der Waals surface area contributed by atoms with E-state index in [1.165, 1.54) is 6.92 Å². The Labute approximate surface area is 123 Å². The number of alkyl halides is 3. The van der Waals surface area contributed by atoms with Crippen LogP contribution in [0.5, 0.6) is 0 Å². The zero-order valence-electron chi connectivity index (χ0n) is 11.3. The molecule has 1 heterocycles. The van der Waals surface area contributed by atoms with Crippen LogP contribution in [0.25, 0.3) is 0 Å². The van der Waals surface area contributed by atoms with Gasteiger partial charge < -0.3 is 14.2 Å². The fourth-order valence-electron chi connectivity index (χ4n) is 1.25. The summed E-state index contributed by atoms with van der Waals surface area (Å²) in [6, 6.07) is 0. The third-order valence-electron chi connectivity index (χ3n) is 2.49. The molecule has 1 fully saturated rings. The second-order valence-corrected chi connectivity index (χ2v) is 5.44. The summed E-state index contributed by atoms with van der Waals surface area (Å²) in [7, 11) is 0. The van der Waals surface area contributed by atoms with Gasteiger partial charge >= 0.3 is 18.1 Å². The molecule has 0 aromatic carbocycles. The van der Waals surface area contributed by atoms with Crippen LogP contribution in [0.4, 0.5) is 13.2 Å². The van der Waals surface area contributed by atoms with Crippen molar-refractivity contribution in [2.24, 2.45) is 5.92 Å². The highest BCUT2D eigenvalue weighted by Gasteiger charge is 2.38. The maximum Gasteiger partial charge on any atom is 0.422 e. The molecule has 120 valence electrons. The normalized spacial score (nSPS) is 20.5. The van der Waals surface area contributed by atoms with Crippen LogP contribution in [0.1, 0.15) is 6.92 Å². The number of thioether (sulfide) groups is 1. The van der Waals surface area contributed by atoms with Gasteiger partial charge in [-0.15, -0.1) is 0 Å². The van der Waals surface area contributed by atoms with Crippen LogP contribution in [-0.2, 0) is 23.8 Å². The van der Waals surface area contributed by atoms with Crippen molar-refractivity contribution < 1.29 is 37.0 Å². The number of esters is 2. The van der Waals surface area contributed by atoms with Crippen molar-refractivity contribution >= 4 is 23.7 Å². The third-order valence-corrected chi connectivity index (χ3v) is 3.45. The zero-order valence-corrected chi connectivity index (χ0v) is 12.1. The predicted molar refractivity (Wildman–Crippen MR) is 68.5 cm³/mol. The van der Waals surface area contributed by atoms with Crippen molar-refractivity contribution in [2.75, 3.05) is 24.7 Å². The first-order chi connectivity index (χ1) is 9.71. The van der Waals surface area contributed by atoms with Gasteiger partial charge in [0.05, 0.1) is 18.3 Å². The minimum absolute atomic E-state index is 0.456. The summed E-state index contributed by atoms with van der Waals surface area (Å²) in [5, 5.41) is 0. The first-order valence-corrected chi connectivity index (χ1v) is 7.20. The Morgan fingerprint density at radius 2 is 2.14 bits per heavy atom. The van der Waals surface area contributed by atoms with Gasteiger partial charge in [0, 0.05) is 5.75 Å². The molecule has 0 amide bonds. The molecule has 0 aromatic rings. The molecule has 9 heteroatoms. The van der Waals surface area contributed by atoms with Gasteiger partial charge in [-0.2, -0.15) is 24.9 Å². The number of rotatable bonds is 5. The first-order valence-electron chi connectivity index (χ1n) is 6.05. The number of halogens is 3. The van der Waals surface area contributed by atoms with Crippen molar-refractivity contribution in [1.29, 1.82) is 0 Å². The summed E-state index contributed by atoms with van der Waals surface area (Å²) < 4.78 is 51.1. The van der Waals surface area contributed by atoms with Crippen LogP contribution >= 0.6 is 11.8 Å². The number of hydrogen-bond donors (Lipinski definition) is 0. The molecule has 0 spiro atoms. The van der Waals surface area contributed by atoms with Crippen LogP contribution in [0.3, 0.4) is 0 Å². The lowest BCUT2D eigenvalue weighted by Gasteiger charge is -2.23. The minimum atomic E-state index is -4.85. The Bertz CT molecular complexity index is 404. The quantitative estimate of drug-likeness (QED) is 0.568. The smallest absolute Gasteiger partial charge is 0.422 e. The number of carbonyl (C=O) groups is 2. The van der Waals surface area contributed by atoms with Crippen LogP contribution in [0, 0.1) is 5.92 Å². The predicted octanol–water partition coefficient (Wildman–Crippen LogP) is 1.92. The van der Waals surface area contributed by atoms with Crippen molar-refractivity contribution in [1.82, 2.24) is 0 Å². The molecule has 0 saturated carbocycles. The lowest BCUT2D eigenvalue weighted by Crippen LogP contribution is -2.32. The van der Waals surface area contributed by atoms with Crippen molar-refractivity contribution in [3.8, 4) is 0 Å². The molecular weight excluding hydrogens is 313 g/mol. The van der Waals surface area contributed by atoms with Crippen molar-refractivity contribution in [3.05, 3.63) is 12.2 Å². The second-order valence-electron chi connectivity index (χ2n) is 4.29. The molecule has 1 aliphatic heterocycles. The maximum atomic E-state index is 12.2. The highest BCUT2D eigenvalue weighted by molar-refractivity contribution is 7.99. The van der Waals surface area contributed by atoms with E-state index in [-0.39, 0.29) is 0 Å². The SMILES string of the molecule is C=C(C(=O)OCC(C)C(=O)OC1CSCCO1)C(F)(F)F. The fraction of sp³-hybridized carbons (Fsp3) is 0.667. The Kier molecular flexibility index (Phi) is 6.53. The Balaban J connectivity index is 2.35. The topological polar surface area (TPSA) is 61.8 Å². The Morgan fingerprint density at radius 1 is 1.48 bits per heavy atom. The molecule has 1 saturated heterocycles. The summed E-state index contributed by atoms with van der Waals surface area (Å²) >= 11 is 1.56. The van der Waals surface area contributed by atoms with Gasteiger partial charge in [0.2, 0.25) is 6.29 Å². The molecule has 0 N–H and O–H groups in total. The lowest BCUT2D eigenvalue weighted by atomic mass is 10.2. The van der Waals surface area contributed by atoms with E-state index in [1.54, 1.807) is 11.8 Å². The van der Waals surface area contributed by atoms with E-state index >= 15 is 0 Å². The summed E-state index contributed by atoms with van der Waals surface area (Å²) in [6.07, 6.45) is -5.53. The molecule has 2 atom stereocenters. The minimum Gasteiger partial charge on any atom is -0.461 e. The van der Waals surface area contributed by atoms with Crippen LogP contribution in [0.2, 0.25) is 0 Å². The van der Waals surface area contributed by atoms with Crippen LogP contribution < -0.4 is 0 Å². The first kappa shape index (κ1) is 17.8. The molecule has 0 radical (unpaired) electrons. The molecule has 1 rings (SSSR count). The molecule has 0 aromatic heterocycles. The third kappa shape index (κ3) is 5.96. The largest absolute Gasteiger partial charge is 0.461 e. The van der Waals surface area contributed by atoms with E-state index in [0.717, 1.165) is 5.75 Å². The highest BCUT2D eigenvalue weighted by Crippen LogP contribution is 2.25. The number of hydrogen-bond acceptors (Lipinski definition) is 6. The average Bonchev–Trinajstić information content (AvgIpc) is 2.43. The van der Waals surface area contributed by atoms with Crippen LogP contribution in [0.15, 0.2) is 12.2 Å². The van der Waals surface area contributed by atoms with E-state index in [9.17, 15) is 22.8 Å². The van der Waals surface area contributed by atoms with E-state index in [1.807, 2.05) is 0 Å². The van der Waals surface area contributed by atoms with Gasteiger partial charge in [0.1, 0.15) is 12.2 Å². The molecule has 0 aliphatic carbocycles. The van der Waals surface area contributed by atoms with E-state index in [0.29, 0.717) is 12.4 Å². The summed E-state index contributed by atoms with van der Waals surface area (Å²) in [5.41, 5.74) is -1.62. The van der Waals surface area contributed by atoms with Gasteiger partial charge in [-0.05, 0) is 6.92 Å². The second kappa shape index (κ2) is 7.69. The standard InChI is InChI=1S/C12H15F3O5S/c1-7(5-19-11(17)8(2)12(13,14)15)10(16)20-9-6-21-4-3-18-9/h7,9H,2-6H2,1H3. The number of ether oxygens (including phenoxy) is 3. The summed E-state index contributed by atoms with van der Waals surface area (Å²) in [5.74, 6) is -1.91. The Hall–Kier alpha value is -1.22. The summed E-state index contributed by atoms with van der Waals surface area (Å²) in [4.78, 5) is 22.7. The fourth-order valence-corrected chi connectivity index (χ4v) is 1.99. The molecule has 21 heavy (non-hydrogen) atoms. The molecule has 1 aliphatic rings.